The maximum absolute atomic E-state index is 14.4. The van der Waals surface area contributed by atoms with Gasteiger partial charge in [-0.2, -0.15) is 5.10 Å². The van der Waals surface area contributed by atoms with Gasteiger partial charge in [-0.05, 0) is 70.9 Å². The van der Waals surface area contributed by atoms with E-state index in [9.17, 15) is 9.18 Å². The molecule has 0 bridgehead atoms. The van der Waals surface area contributed by atoms with Crippen molar-refractivity contribution in [3.8, 4) is 22.7 Å². The van der Waals surface area contributed by atoms with Gasteiger partial charge in [0.1, 0.15) is 29.1 Å². The predicted molar refractivity (Wildman–Crippen MR) is 130 cm³/mol. The predicted octanol–water partition coefficient (Wildman–Crippen LogP) is 5.24. The van der Waals surface area contributed by atoms with Crippen molar-refractivity contribution in [3.05, 3.63) is 54.5 Å². The van der Waals surface area contributed by atoms with Gasteiger partial charge in [-0.1, -0.05) is 12.1 Å². The van der Waals surface area contributed by atoms with E-state index >= 15 is 0 Å². The molecule has 0 radical (unpaired) electrons. The summed E-state index contributed by atoms with van der Waals surface area (Å²) in [6, 6.07) is 5.05. The fourth-order valence-electron chi connectivity index (χ4n) is 4.28. The van der Waals surface area contributed by atoms with Crippen LogP contribution in [-0.2, 0) is 4.74 Å². The fourth-order valence-corrected chi connectivity index (χ4v) is 4.28. The van der Waals surface area contributed by atoms with E-state index in [2.05, 4.69) is 20.4 Å². The van der Waals surface area contributed by atoms with Crippen molar-refractivity contribution in [1.82, 2.24) is 25.1 Å². The number of alkyl carbamates (subject to hydrolysis) is 1. The zero-order valence-electron chi connectivity index (χ0n) is 20.6. The van der Waals surface area contributed by atoms with Gasteiger partial charge < -0.3 is 14.8 Å². The number of carbonyl (C=O) groups is 1. The van der Waals surface area contributed by atoms with Gasteiger partial charge >= 0.3 is 6.09 Å². The fraction of sp³-hybridized carbons (Fsp3) is 0.462. The Morgan fingerprint density at radius 2 is 1.97 bits per heavy atom. The van der Waals surface area contributed by atoms with Crippen molar-refractivity contribution in [3.63, 3.8) is 0 Å². The van der Waals surface area contributed by atoms with Crippen LogP contribution in [0.1, 0.15) is 52.0 Å². The van der Waals surface area contributed by atoms with Crippen LogP contribution < -0.4 is 10.1 Å². The Bertz CT molecular complexity index is 1150. The number of carbonyl (C=O) groups excluding carboxylic acids is 1. The van der Waals surface area contributed by atoms with Crippen LogP contribution in [0.2, 0.25) is 0 Å². The monoisotopic (exact) mass is 481 g/mol. The first-order valence-corrected chi connectivity index (χ1v) is 11.9. The number of halogens is 1. The van der Waals surface area contributed by atoms with E-state index in [0.29, 0.717) is 29.7 Å². The molecule has 35 heavy (non-hydrogen) atoms. The molecule has 8 nitrogen and oxygen atoms in total. The number of para-hydroxylation sites is 1. The molecule has 1 aliphatic rings. The molecule has 2 heterocycles. The lowest BCUT2D eigenvalue weighted by Crippen LogP contribution is -2.41. The molecule has 0 aliphatic heterocycles. The van der Waals surface area contributed by atoms with Gasteiger partial charge in [0.05, 0.1) is 19.0 Å². The first-order chi connectivity index (χ1) is 16.7. The van der Waals surface area contributed by atoms with Crippen molar-refractivity contribution >= 4 is 6.09 Å². The number of amides is 1. The number of ether oxygens (including phenoxy) is 2. The van der Waals surface area contributed by atoms with E-state index in [1.807, 2.05) is 33.8 Å². The molecule has 0 atom stereocenters. The molecule has 0 unspecified atom stereocenters. The number of benzene rings is 1. The van der Waals surface area contributed by atoms with Crippen LogP contribution in [0.15, 0.2) is 43.1 Å². The summed E-state index contributed by atoms with van der Waals surface area (Å²) in [4.78, 5) is 20.5. The largest absolute Gasteiger partial charge is 0.489 e. The third-order valence-corrected chi connectivity index (χ3v) is 5.99. The molecule has 2 aromatic heterocycles. The third kappa shape index (κ3) is 6.35. The lowest BCUT2D eigenvalue weighted by molar-refractivity contribution is 0.0483. The molecule has 1 fully saturated rings. The van der Waals surface area contributed by atoms with Crippen LogP contribution in [0.5, 0.6) is 5.75 Å². The summed E-state index contributed by atoms with van der Waals surface area (Å²) < 4.78 is 27.4. The molecule has 4 rings (SSSR count). The minimum absolute atomic E-state index is 0.115. The van der Waals surface area contributed by atoms with Gasteiger partial charge in [-0.3, -0.25) is 0 Å². The number of hydrogen-bond acceptors (Lipinski definition) is 6. The van der Waals surface area contributed by atoms with Gasteiger partial charge in [0.25, 0.3) is 0 Å². The maximum Gasteiger partial charge on any atom is 0.407 e. The SMILES string of the molecule is Cc1cccc(F)c1-n1cc(-c2ncncc2OC[C@H]2CC[C@@H](NC(=O)OC(C)(C)C)CC2)cn1. The number of hydrogen-bond donors (Lipinski definition) is 1. The van der Waals surface area contributed by atoms with Gasteiger partial charge in [-0.25, -0.2) is 23.8 Å². The molecule has 1 saturated carbocycles. The highest BCUT2D eigenvalue weighted by atomic mass is 19.1. The third-order valence-electron chi connectivity index (χ3n) is 5.99. The average Bonchev–Trinajstić information content (AvgIpc) is 3.27. The van der Waals surface area contributed by atoms with Crippen LogP contribution in [0, 0.1) is 18.7 Å². The van der Waals surface area contributed by atoms with Crippen molar-refractivity contribution in [2.24, 2.45) is 5.92 Å². The van der Waals surface area contributed by atoms with Crippen LogP contribution in [0.25, 0.3) is 16.9 Å². The number of nitrogens with one attached hydrogen (secondary N) is 1. The zero-order chi connectivity index (χ0) is 25.0. The number of rotatable bonds is 6. The summed E-state index contributed by atoms with van der Waals surface area (Å²) in [5.41, 5.74) is 2.02. The normalized spacial score (nSPS) is 18.2. The van der Waals surface area contributed by atoms with E-state index in [1.54, 1.807) is 24.7 Å². The molecule has 1 N–H and O–H groups in total. The Morgan fingerprint density at radius 1 is 1.20 bits per heavy atom. The zero-order valence-corrected chi connectivity index (χ0v) is 20.6. The minimum Gasteiger partial charge on any atom is -0.489 e. The second kappa shape index (κ2) is 10.4. The van der Waals surface area contributed by atoms with Crippen molar-refractivity contribution < 1.29 is 18.7 Å². The molecule has 3 aromatic rings. The summed E-state index contributed by atoms with van der Waals surface area (Å²) in [5, 5.41) is 7.31. The molecular weight excluding hydrogens is 449 g/mol. The molecule has 0 spiro atoms. The summed E-state index contributed by atoms with van der Waals surface area (Å²) >= 11 is 0. The van der Waals surface area contributed by atoms with Crippen LogP contribution in [0.3, 0.4) is 0 Å². The Balaban J connectivity index is 1.36. The van der Waals surface area contributed by atoms with E-state index in [4.69, 9.17) is 9.47 Å². The first-order valence-electron chi connectivity index (χ1n) is 11.9. The van der Waals surface area contributed by atoms with Gasteiger partial charge in [0, 0.05) is 17.8 Å². The van der Waals surface area contributed by atoms with E-state index in [-0.39, 0.29) is 18.0 Å². The van der Waals surface area contributed by atoms with Crippen molar-refractivity contribution in [1.29, 1.82) is 0 Å². The second-order valence-corrected chi connectivity index (χ2v) is 9.99. The highest BCUT2D eigenvalue weighted by molar-refractivity contribution is 5.68. The van der Waals surface area contributed by atoms with Gasteiger partial charge in [0.2, 0.25) is 0 Å². The van der Waals surface area contributed by atoms with E-state index in [0.717, 1.165) is 36.8 Å². The summed E-state index contributed by atoms with van der Waals surface area (Å²) in [7, 11) is 0. The number of nitrogens with zero attached hydrogens (tertiary/aromatic N) is 4. The summed E-state index contributed by atoms with van der Waals surface area (Å²) in [6.07, 6.45) is 9.75. The van der Waals surface area contributed by atoms with E-state index in [1.165, 1.54) is 17.1 Å². The summed E-state index contributed by atoms with van der Waals surface area (Å²) in [6.45, 7) is 7.94. The highest BCUT2D eigenvalue weighted by Gasteiger charge is 2.25. The van der Waals surface area contributed by atoms with Crippen LogP contribution in [0.4, 0.5) is 9.18 Å². The lowest BCUT2D eigenvalue weighted by Gasteiger charge is -2.30. The number of aryl methyl sites for hydroxylation is 1. The minimum atomic E-state index is -0.505. The Labute approximate surface area is 204 Å². The quantitative estimate of drug-likeness (QED) is 0.518. The number of aromatic nitrogens is 4. The topological polar surface area (TPSA) is 91.2 Å². The first kappa shape index (κ1) is 24.6. The smallest absolute Gasteiger partial charge is 0.407 e. The summed E-state index contributed by atoms with van der Waals surface area (Å²) in [5.74, 6) is 0.588. The maximum atomic E-state index is 14.4. The lowest BCUT2D eigenvalue weighted by atomic mass is 9.86. The molecule has 1 aliphatic carbocycles. The average molecular weight is 482 g/mol. The van der Waals surface area contributed by atoms with Crippen molar-refractivity contribution in [2.45, 2.75) is 65.0 Å². The van der Waals surface area contributed by atoms with Crippen LogP contribution >= 0.6 is 0 Å². The van der Waals surface area contributed by atoms with Crippen LogP contribution in [-0.4, -0.2) is 44.1 Å². The molecule has 0 saturated heterocycles. The molecule has 186 valence electrons. The van der Waals surface area contributed by atoms with Gasteiger partial charge in [0.15, 0.2) is 5.75 Å². The standard InChI is InChI=1S/C26H32FN5O3/c1-17-6-5-7-21(27)24(17)32-14-19(12-30-32)23-22(13-28-16-29-23)34-15-18-8-10-20(11-9-18)31-25(33)35-26(2,3)4/h5-7,12-14,16,18,20H,8-11,15H2,1-4H3,(H,31,33)/t18-,20+. The Kier molecular flexibility index (Phi) is 7.33. The molecule has 9 heteroatoms. The van der Waals surface area contributed by atoms with E-state index < -0.39 is 5.60 Å². The van der Waals surface area contributed by atoms with Gasteiger partial charge in [-0.15, -0.1) is 0 Å². The highest BCUT2D eigenvalue weighted by Crippen LogP contribution is 2.30. The molecule has 1 aromatic carbocycles. The molecular formula is C26H32FN5O3. The Morgan fingerprint density at radius 3 is 2.69 bits per heavy atom. The molecule has 1 amide bonds. The van der Waals surface area contributed by atoms with Crippen molar-refractivity contribution in [2.75, 3.05) is 6.61 Å². The Hall–Kier alpha value is -3.49. The second-order valence-electron chi connectivity index (χ2n) is 9.99.